The van der Waals surface area contributed by atoms with Crippen LogP contribution in [0.25, 0.3) is 0 Å². The summed E-state index contributed by atoms with van der Waals surface area (Å²) in [5.41, 5.74) is 8.96. The molecule has 88 valence electrons. The molecule has 1 unspecified atom stereocenters. The van der Waals surface area contributed by atoms with Crippen molar-refractivity contribution in [3.63, 3.8) is 0 Å². The summed E-state index contributed by atoms with van der Waals surface area (Å²) in [6.45, 7) is 2.72. The lowest BCUT2D eigenvalue weighted by Crippen LogP contribution is -2.30. The molecule has 1 rings (SSSR count). The van der Waals surface area contributed by atoms with Crippen LogP contribution in [0.5, 0.6) is 0 Å². The molecule has 1 amide bonds. The van der Waals surface area contributed by atoms with Crippen molar-refractivity contribution in [2.24, 2.45) is 11.6 Å². The van der Waals surface area contributed by atoms with Crippen molar-refractivity contribution in [2.75, 3.05) is 6.54 Å². The Morgan fingerprint density at radius 1 is 1.62 bits per heavy atom. The lowest BCUT2D eigenvalue weighted by molar-refractivity contribution is 0.0953. The van der Waals surface area contributed by atoms with Gasteiger partial charge in [0, 0.05) is 23.7 Å². The fourth-order valence-electron chi connectivity index (χ4n) is 1.02. The van der Waals surface area contributed by atoms with E-state index in [2.05, 4.69) is 17.3 Å². The maximum absolute atomic E-state index is 11.1. The summed E-state index contributed by atoms with van der Waals surface area (Å²) in [6.07, 6.45) is 1.52. The second-order valence-corrected chi connectivity index (χ2v) is 4.80. The highest BCUT2D eigenvalue weighted by Crippen LogP contribution is 2.15. The van der Waals surface area contributed by atoms with Crippen molar-refractivity contribution < 1.29 is 4.79 Å². The highest BCUT2D eigenvalue weighted by molar-refractivity contribution is 7.99. The monoisotopic (exact) mass is 240 g/mol. The molecule has 16 heavy (non-hydrogen) atoms. The van der Waals surface area contributed by atoms with Crippen LogP contribution in [0.4, 0.5) is 0 Å². The molecule has 1 atom stereocenters. The third kappa shape index (κ3) is 3.80. The van der Waals surface area contributed by atoms with Crippen LogP contribution >= 0.6 is 11.8 Å². The first-order valence-corrected chi connectivity index (χ1v) is 5.99. The molecule has 0 bridgehead atoms. The van der Waals surface area contributed by atoms with Gasteiger partial charge in [0.15, 0.2) is 0 Å². The molecule has 5 N–H and O–H groups in total. The molecule has 0 saturated carbocycles. The number of nitrogens with two attached hydrogens (primary N) is 2. The van der Waals surface area contributed by atoms with Crippen LogP contribution in [0.1, 0.15) is 23.0 Å². The number of aromatic nitrogens is 1. The lowest BCUT2D eigenvalue weighted by Gasteiger charge is -2.07. The summed E-state index contributed by atoms with van der Waals surface area (Å²) >= 11 is 1.74. The van der Waals surface area contributed by atoms with Crippen molar-refractivity contribution in [2.45, 2.75) is 17.9 Å². The molecule has 0 radical (unpaired) electrons. The van der Waals surface area contributed by atoms with Gasteiger partial charge in [0.2, 0.25) is 0 Å². The molecular formula is C10H16N4OS. The van der Waals surface area contributed by atoms with E-state index in [1.54, 1.807) is 17.8 Å². The first-order chi connectivity index (χ1) is 7.67. The van der Waals surface area contributed by atoms with E-state index in [-0.39, 0.29) is 5.91 Å². The SMILES string of the molecule is CC(CN)SCc1ccc(C(=O)NN)cn1. The minimum Gasteiger partial charge on any atom is -0.329 e. The minimum absolute atomic E-state index is 0.331. The molecule has 0 aromatic carbocycles. The quantitative estimate of drug-likeness (QED) is 0.390. The Morgan fingerprint density at radius 3 is 2.88 bits per heavy atom. The van der Waals surface area contributed by atoms with Crippen LogP contribution in [-0.4, -0.2) is 22.7 Å². The Kier molecular flexibility index (Phi) is 5.24. The Balaban J connectivity index is 2.54. The molecule has 0 aliphatic heterocycles. The number of carbonyl (C=O) groups is 1. The topological polar surface area (TPSA) is 94.0 Å². The largest absolute Gasteiger partial charge is 0.329 e. The van der Waals surface area contributed by atoms with Crippen molar-refractivity contribution in [3.05, 3.63) is 29.6 Å². The van der Waals surface area contributed by atoms with E-state index in [4.69, 9.17) is 11.6 Å². The number of hydrazine groups is 1. The highest BCUT2D eigenvalue weighted by Gasteiger charge is 2.05. The number of amides is 1. The van der Waals surface area contributed by atoms with Crippen LogP contribution in [0.2, 0.25) is 0 Å². The van der Waals surface area contributed by atoms with Gasteiger partial charge in [-0.1, -0.05) is 6.92 Å². The van der Waals surface area contributed by atoms with Crippen LogP contribution in [0.3, 0.4) is 0 Å². The fourth-order valence-corrected chi connectivity index (χ4v) is 1.79. The van der Waals surface area contributed by atoms with Gasteiger partial charge in [-0.15, -0.1) is 0 Å². The molecule has 0 aliphatic carbocycles. The van der Waals surface area contributed by atoms with Gasteiger partial charge in [-0.3, -0.25) is 15.2 Å². The van der Waals surface area contributed by atoms with Gasteiger partial charge in [0.25, 0.3) is 5.91 Å². The third-order valence-electron chi connectivity index (χ3n) is 2.07. The normalized spacial score (nSPS) is 12.2. The number of rotatable bonds is 5. The smallest absolute Gasteiger partial charge is 0.266 e. The first-order valence-electron chi connectivity index (χ1n) is 4.95. The van der Waals surface area contributed by atoms with Crippen LogP contribution in [0.15, 0.2) is 18.3 Å². The number of nitrogen functional groups attached to an aromatic ring is 1. The zero-order valence-corrected chi connectivity index (χ0v) is 9.96. The third-order valence-corrected chi connectivity index (χ3v) is 3.29. The number of thioether (sulfide) groups is 1. The number of hydrogen-bond acceptors (Lipinski definition) is 5. The predicted octanol–water partition coefficient (Wildman–Crippen LogP) is 0.266. The number of nitrogens with one attached hydrogen (secondary N) is 1. The van der Waals surface area contributed by atoms with E-state index in [0.29, 0.717) is 17.4 Å². The summed E-state index contributed by atoms with van der Waals surface area (Å²) in [6, 6.07) is 3.53. The van der Waals surface area contributed by atoms with E-state index < -0.39 is 0 Å². The van der Waals surface area contributed by atoms with Crippen molar-refractivity contribution in [1.82, 2.24) is 10.4 Å². The van der Waals surface area contributed by atoms with Gasteiger partial charge in [-0.2, -0.15) is 11.8 Å². The summed E-state index contributed by atoms with van der Waals surface area (Å²) in [7, 11) is 0. The average molecular weight is 240 g/mol. The zero-order chi connectivity index (χ0) is 12.0. The van der Waals surface area contributed by atoms with Gasteiger partial charge in [0.05, 0.1) is 11.3 Å². The maximum atomic E-state index is 11.1. The summed E-state index contributed by atoms with van der Waals surface area (Å²) < 4.78 is 0. The van der Waals surface area contributed by atoms with Gasteiger partial charge in [-0.05, 0) is 12.1 Å². The Labute approximate surface area is 99.0 Å². The molecule has 0 spiro atoms. The zero-order valence-electron chi connectivity index (χ0n) is 9.14. The first kappa shape index (κ1) is 13.0. The van der Waals surface area contributed by atoms with Gasteiger partial charge >= 0.3 is 0 Å². The molecule has 5 nitrogen and oxygen atoms in total. The summed E-state index contributed by atoms with van der Waals surface area (Å²) in [5.74, 6) is 5.48. The van der Waals surface area contributed by atoms with Crippen molar-refractivity contribution in [3.8, 4) is 0 Å². The van der Waals surface area contributed by atoms with E-state index >= 15 is 0 Å². The molecular weight excluding hydrogens is 224 g/mol. The maximum Gasteiger partial charge on any atom is 0.266 e. The number of pyridine rings is 1. The second-order valence-electron chi connectivity index (χ2n) is 3.37. The molecule has 0 fully saturated rings. The van der Waals surface area contributed by atoms with Crippen LogP contribution in [-0.2, 0) is 5.75 Å². The number of nitrogens with zero attached hydrogens (tertiary/aromatic N) is 1. The molecule has 0 aliphatic rings. The van der Waals surface area contributed by atoms with Crippen LogP contribution in [0, 0.1) is 0 Å². The summed E-state index contributed by atoms with van der Waals surface area (Å²) in [5, 5.41) is 0.411. The van der Waals surface area contributed by atoms with Crippen LogP contribution < -0.4 is 17.0 Å². The Hall–Kier alpha value is -1.11. The molecule has 0 saturated heterocycles. The average Bonchev–Trinajstić information content (AvgIpc) is 2.35. The Bertz CT molecular complexity index is 341. The molecule has 1 aromatic heterocycles. The van der Waals surface area contributed by atoms with E-state index in [0.717, 1.165) is 11.4 Å². The molecule has 1 heterocycles. The Morgan fingerprint density at radius 2 is 2.38 bits per heavy atom. The van der Waals surface area contributed by atoms with Crippen molar-refractivity contribution in [1.29, 1.82) is 0 Å². The standard InChI is InChI=1S/C10H16N4OS/c1-7(4-11)16-6-9-3-2-8(5-13-9)10(15)14-12/h2-3,5,7H,4,6,11-12H2,1H3,(H,14,15). The van der Waals surface area contributed by atoms with Crippen molar-refractivity contribution >= 4 is 17.7 Å². The van der Waals surface area contributed by atoms with E-state index in [1.165, 1.54) is 6.20 Å². The number of hydrogen-bond donors (Lipinski definition) is 3. The van der Waals surface area contributed by atoms with Gasteiger partial charge in [0.1, 0.15) is 0 Å². The van der Waals surface area contributed by atoms with Gasteiger partial charge in [-0.25, -0.2) is 5.84 Å². The highest BCUT2D eigenvalue weighted by atomic mass is 32.2. The molecule has 6 heteroatoms. The fraction of sp³-hybridized carbons (Fsp3) is 0.400. The summed E-state index contributed by atoms with van der Waals surface area (Å²) in [4.78, 5) is 15.3. The number of carbonyl (C=O) groups excluding carboxylic acids is 1. The van der Waals surface area contributed by atoms with E-state index in [1.807, 2.05) is 6.07 Å². The minimum atomic E-state index is -0.331. The molecule has 1 aromatic rings. The van der Waals surface area contributed by atoms with E-state index in [9.17, 15) is 4.79 Å². The van der Waals surface area contributed by atoms with Gasteiger partial charge < -0.3 is 5.73 Å². The lowest BCUT2D eigenvalue weighted by atomic mass is 10.2. The second kappa shape index (κ2) is 6.47. The predicted molar refractivity (Wildman–Crippen MR) is 65.7 cm³/mol.